The minimum absolute atomic E-state index is 0.00496. The van der Waals surface area contributed by atoms with Crippen LogP contribution in [0.3, 0.4) is 0 Å². The van der Waals surface area contributed by atoms with E-state index in [9.17, 15) is 4.79 Å². The second-order valence-electron chi connectivity index (χ2n) is 8.15. The molecule has 0 spiro atoms. The fourth-order valence-electron chi connectivity index (χ4n) is 4.02. The Morgan fingerprint density at radius 2 is 1.73 bits per heavy atom. The van der Waals surface area contributed by atoms with Crippen molar-refractivity contribution in [3.63, 3.8) is 0 Å². The van der Waals surface area contributed by atoms with Crippen LogP contribution in [0.2, 0.25) is 0 Å². The molecule has 1 aliphatic rings. The van der Waals surface area contributed by atoms with Crippen LogP contribution in [0.4, 0.5) is 5.69 Å². The minimum Gasteiger partial charge on any atom is -0.497 e. The van der Waals surface area contributed by atoms with Crippen molar-refractivity contribution in [2.75, 3.05) is 25.6 Å². The topological polar surface area (TPSA) is 56.8 Å². The van der Waals surface area contributed by atoms with E-state index in [0.717, 1.165) is 40.3 Å². The molecule has 0 radical (unpaired) electrons. The fraction of sp³-hybridized carbons (Fsp3) is 0.480. The molecule has 2 aromatic carbocycles. The van der Waals surface area contributed by atoms with Crippen molar-refractivity contribution in [3.05, 3.63) is 53.1 Å². The third-order valence-corrected chi connectivity index (χ3v) is 6.04. The summed E-state index contributed by atoms with van der Waals surface area (Å²) in [5, 5.41) is 3.17. The lowest BCUT2D eigenvalue weighted by Crippen LogP contribution is -2.44. The van der Waals surface area contributed by atoms with Crippen LogP contribution >= 0.6 is 0 Å². The second kappa shape index (κ2) is 9.52. The van der Waals surface area contributed by atoms with E-state index in [-0.39, 0.29) is 12.0 Å². The zero-order valence-electron chi connectivity index (χ0n) is 18.7. The standard InChI is InChI=1S/C25H33NO4/c1-6-19(4)30-23-17(2)15-21(16-18(23)3)26-24(27)25(11-13-29-14-12-25)20-7-9-22(28-5)10-8-20/h7-10,15-16,19H,6,11-14H2,1-5H3,(H,26,27)/t19-/m0/s1. The Morgan fingerprint density at radius 1 is 1.13 bits per heavy atom. The van der Waals surface area contributed by atoms with Crippen molar-refractivity contribution >= 4 is 11.6 Å². The Labute approximate surface area is 179 Å². The molecule has 162 valence electrons. The number of ether oxygens (including phenoxy) is 3. The highest BCUT2D eigenvalue weighted by Gasteiger charge is 2.41. The van der Waals surface area contributed by atoms with Crippen LogP contribution in [-0.4, -0.2) is 32.3 Å². The number of aryl methyl sites for hydroxylation is 2. The molecule has 0 aliphatic carbocycles. The van der Waals surface area contributed by atoms with E-state index in [1.807, 2.05) is 50.2 Å². The lowest BCUT2D eigenvalue weighted by atomic mass is 9.73. The van der Waals surface area contributed by atoms with Crippen molar-refractivity contribution < 1.29 is 19.0 Å². The molecule has 1 fully saturated rings. The van der Waals surface area contributed by atoms with Crippen LogP contribution in [0.5, 0.6) is 11.5 Å². The number of nitrogens with one attached hydrogen (secondary N) is 1. The lowest BCUT2D eigenvalue weighted by molar-refractivity contribution is -0.125. The van der Waals surface area contributed by atoms with Gasteiger partial charge in [-0.2, -0.15) is 0 Å². The van der Waals surface area contributed by atoms with Crippen LogP contribution in [0.15, 0.2) is 36.4 Å². The molecule has 1 atom stereocenters. The maximum absolute atomic E-state index is 13.5. The SMILES string of the molecule is CC[C@H](C)Oc1c(C)cc(NC(=O)C2(c3ccc(OC)cc3)CCOCC2)cc1C. The van der Waals surface area contributed by atoms with Crippen molar-refractivity contribution in [2.24, 2.45) is 0 Å². The van der Waals surface area contributed by atoms with Crippen molar-refractivity contribution in [2.45, 2.75) is 58.5 Å². The van der Waals surface area contributed by atoms with Gasteiger partial charge in [0.15, 0.2) is 0 Å². The molecule has 30 heavy (non-hydrogen) atoms. The van der Waals surface area contributed by atoms with E-state index < -0.39 is 5.41 Å². The molecular weight excluding hydrogens is 378 g/mol. The minimum atomic E-state index is -0.613. The van der Waals surface area contributed by atoms with Gasteiger partial charge in [-0.25, -0.2) is 0 Å². The summed E-state index contributed by atoms with van der Waals surface area (Å²) in [5.41, 5.74) is 3.23. The van der Waals surface area contributed by atoms with Gasteiger partial charge in [-0.1, -0.05) is 19.1 Å². The van der Waals surface area contributed by atoms with Crippen molar-refractivity contribution in [1.29, 1.82) is 0 Å². The Balaban J connectivity index is 1.87. The monoisotopic (exact) mass is 411 g/mol. The number of carbonyl (C=O) groups excluding carboxylic acids is 1. The molecule has 0 unspecified atom stereocenters. The molecular formula is C25H33NO4. The molecule has 1 amide bonds. The van der Waals surface area contributed by atoms with E-state index in [1.165, 1.54) is 0 Å². The summed E-state index contributed by atoms with van der Waals surface area (Å²) >= 11 is 0. The number of anilines is 1. The number of hydrogen-bond acceptors (Lipinski definition) is 4. The molecule has 0 bridgehead atoms. The molecule has 1 aliphatic heterocycles. The summed E-state index contributed by atoms with van der Waals surface area (Å²) in [7, 11) is 1.64. The van der Waals surface area contributed by atoms with Gasteiger partial charge in [0.25, 0.3) is 0 Å². The maximum atomic E-state index is 13.5. The Hall–Kier alpha value is -2.53. The number of amides is 1. The maximum Gasteiger partial charge on any atom is 0.235 e. The van der Waals surface area contributed by atoms with Crippen molar-refractivity contribution in [3.8, 4) is 11.5 Å². The van der Waals surface area contributed by atoms with Crippen LogP contribution in [0, 0.1) is 13.8 Å². The highest BCUT2D eigenvalue weighted by atomic mass is 16.5. The van der Waals surface area contributed by atoms with Gasteiger partial charge in [-0.05, 0) is 81.0 Å². The van der Waals surface area contributed by atoms with Crippen LogP contribution in [-0.2, 0) is 14.9 Å². The molecule has 5 heteroatoms. The molecule has 0 aromatic heterocycles. The van der Waals surface area contributed by atoms with E-state index in [0.29, 0.717) is 26.1 Å². The number of methoxy groups -OCH3 is 1. The Bertz CT molecular complexity index is 846. The van der Waals surface area contributed by atoms with E-state index >= 15 is 0 Å². The largest absolute Gasteiger partial charge is 0.497 e. The molecule has 5 nitrogen and oxygen atoms in total. The molecule has 1 heterocycles. The average molecular weight is 412 g/mol. The predicted octanol–water partition coefficient (Wildman–Crippen LogP) is 5.18. The normalized spacial score (nSPS) is 16.6. The summed E-state index contributed by atoms with van der Waals surface area (Å²) < 4.78 is 16.9. The van der Waals surface area contributed by atoms with E-state index in [4.69, 9.17) is 14.2 Å². The number of rotatable bonds is 7. The van der Waals surface area contributed by atoms with Gasteiger partial charge in [0.1, 0.15) is 11.5 Å². The van der Waals surface area contributed by atoms with Crippen LogP contribution in [0.25, 0.3) is 0 Å². The predicted molar refractivity (Wildman–Crippen MR) is 120 cm³/mol. The third-order valence-electron chi connectivity index (χ3n) is 6.04. The zero-order chi connectivity index (χ0) is 21.7. The van der Waals surface area contributed by atoms with E-state index in [1.54, 1.807) is 7.11 Å². The first-order valence-corrected chi connectivity index (χ1v) is 10.7. The summed E-state index contributed by atoms with van der Waals surface area (Å²) in [5.74, 6) is 1.69. The molecule has 2 aromatic rings. The summed E-state index contributed by atoms with van der Waals surface area (Å²) in [6.07, 6.45) is 2.41. The Morgan fingerprint density at radius 3 is 2.27 bits per heavy atom. The highest BCUT2D eigenvalue weighted by Crippen LogP contribution is 2.37. The van der Waals surface area contributed by atoms with E-state index in [2.05, 4.69) is 19.2 Å². The van der Waals surface area contributed by atoms with Gasteiger partial charge in [-0.3, -0.25) is 4.79 Å². The quantitative estimate of drug-likeness (QED) is 0.682. The smallest absolute Gasteiger partial charge is 0.235 e. The zero-order valence-corrected chi connectivity index (χ0v) is 18.7. The van der Waals surface area contributed by atoms with Gasteiger partial charge in [0, 0.05) is 18.9 Å². The number of hydrogen-bond donors (Lipinski definition) is 1. The average Bonchev–Trinajstić information content (AvgIpc) is 2.76. The van der Waals surface area contributed by atoms with Crippen LogP contribution < -0.4 is 14.8 Å². The number of benzene rings is 2. The number of carbonyl (C=O) groups is 1. The fourth-order valence-corrected chi connectivity index (χ4v) is 4.02. The van der Waals surface area contributed by atoms with Gasteiger partial charge >= 0.3 is 0 Å². The second-order valence-corrected chi connectivity index (χ2v) is 8.15. The first-order chi connectivity index (χ1) is 14.4. The summed E-state index contributed by atoms with van der Waals surface area (Å²) in [4.78, 5) is 13.5. The molecule has 3 rings (SSSR count). The molecule has 1 saturated heterocycles. The van der Waals surface area contributed by atoms with Crippen LogP contribution in [0.1, 0.15) is 49.8 Å². The van der Waals surface area contributed by atoms with Gasteiger partial charge in [-0.15, -0.1) is 0 Å². The van der Waals surface area contributed by atoms with Crippen molar-refractivity contribution in [1.82, 2.24) is 0 Å². The highest BCUT2D eigenvalue weighted by molar-refractivity contribution is 5.99. The van der Waals surface area contributed by atoms with Gasteiger partial charge < -0.3 is 19.5 Å². The molecule has 1 N–H and O–H groups in total. The first-order valence-electron chi connectivity index (χ1n) is 10.7. The Kier molecular flexibility index (Phi) is 7.03. The molecule has 0 saturated carbocycles. The summed E-state index contributed by atoms with van der Waals surface area (Å²) in [6, 6.07) is 11.8. The lowest BCUT2D eigenvalue weighted by Gasteiger charge is -2.36. The third kappa shape index (κ3) is 4.62. The first kappa shape index (κ1) is 22.2. The van der Waals surface area contributed by atoms with Gasteiger partial charge in [0.2, 0.25) is 5.91 Å². The van der Waals surface area contributed by atoms with Gasteiger partial charge in [0.05, 0.1) is 18.6 Å². The summed E-state index contributed by atoms with van der Waals surface area (Å²) in [6.45, 7) is 9.36.